The van der Waals surface area contributed by atoms with Crippen LogP contribution in [0.3, 0.4) is 0 Å². The maximum Gasteiger partial charge on any atom is 0.307 e. The van der Waals surface area contributed by atoms with Gasteiger partial charge in [0.15, 0.2) is 0 Å². The second-order valence-electron chi connectivity index (χ2n) is 31.6. The molecule has 1 aliphatic rings. The Morgan fingerprint density at radius 1 is 0.222 bits per heavy atom. The molecule has 0 aliphatic carbocycles. The summed E-state index contributed by atoms with van der Waals surface area (Å²) in [6.45, 7) is 12.3. The SMILES string of the molecule is CCCCCCCCCCCCCCCCOC(=O)CCN(CCOC(=O)CCC1NC(=O)C(CCC(=O)OCCN(CCC(=O)OCCCCCCCCCCCCCCCC)CCC(=O)OCCCCCCCCCCCCCCCC)NC1=O)CCC(=O)OCCCCCCCCCCCCCCCC. The predicted octanol–water partition coefficient (Wildman–Crippen LogP) is 21.9. The summed E-state index contributed by atoms with van der Waals surface area (Å²) in [5, 5.41) is 5.40. The Morgan fingerprint density at radius 3 is 0.565 bits per heavy atom. The number of hydrogen-bond acceptors (Lipinski definition) is 16. The first kappa shape index (κ1) is 102. The average Bonchev–Trinajstić information content (AvgIpc) is 0.844. The van der Waals surface area contributed by atoms with E-state index in [-0.39, 0.29) is 102 Å². The van der Waals surface area contributed by atoms with E-state index in [1.807, 2.05) is 9.80 Å². The molecule has 1 aliphatic heterocycles. The van der Waals surface area contributed by atoms with Gasteiger partial charge in [-0.2, -0.15) is 0 Å². The van der Waals surface area contributed by atoms with E-state index in [0.717, 1.165) is 77.0 Å². The van der Waals surface area contributed by atoms with Gasteiger partial charge in [-0.15, -0.1) is 0 Å². The Bertz CT molecular complexity index is 1870. The van der Waals surface area contributed by atoms with Gasteiger partial charge in [-0.1, -0.05) is 362 Å². The number of piperazine rings is 1. The van der Waals surface area contributed by atoms with Crippen LogP contribution in [-0.2, 0) is 66.8 Å². The number of rotatable bonds is 84. The molecule has 0 saturated carbocycles. The van der Waals surface area contributed by atoms with Crippen molar-refractivity contribution < 1.29 is 66.8 Å². The Balaban J connectivity index is 2.62. The first-order valence-corrected chi connectivity index (χ1v) is 45.9. The van der Waals surface area contributed by atoms with E-state index in [1.54, 1.807) is 0 Å². The summed E-state index contributed by atoms with van der Waals surface area (Å²) in [4.78, 5) is 108. The first-order chi connectivity index (χ1) is 52.9. The Morgan fingerprint density at radius 2 is 0.380 bits per heavy atom. The van der Waals surface area contributed by atoms with Gasteiger partial charge >= 0.3 is 35.8 Å². The average molecular weight is 1530 g/mol. The number of carbonyl (C=O) groups excluding carboxylic acids is 8. The maximum atomic E-state index is 13.2. The summed E-state index contributed by atoms with van der Waals surface area (Å²) in [5.41, 5.74) is 0. The lowest BCUT2D eigenvalue weighted by atomic mass is 10.0. The largest absolute Gasteiger partial charge is 0.466 e. The quantitative estimate of drug-likeness (QED) is 0.0328. The lowest BCUT2D eigenvalue weighted by molar-refractivity contribution is -0.148. The Labute approximate surface area is 661 Å². The minimum absolute atomic E-state index is 0.00383. The monoisotopic (exact) mass is 1530 g/mol. The van der Waals surface area contributed by atoms with Crippen LogP contribution in [0.5, 0.6) is 0 Å². The van der Waals surface area contributed by atoms with Gasteiger partial charge < -0.3 is 39.1 Å². The molecule has 18 heteroatoms. The summed E-state index contributed by atoms with van der Waals surface area (Å²) in [6, 6.07) is -1.96. The van der Waals surface area contributed by atoms with E-state index in [2.05, 4.69) is 38.3 Å². The molecular weight excluding hydrogens is 1360 g/mol. The molecule has 1 heterocycles. The van der Waals surface area contributed by atoms with Gasteiger partial charge in [0.25, 0.3) is 0 Å². The van der Waals surface area contributed by atoms with Crippen LogP contribution in [0.1, 0.15) is 439 Å². The summed E-state index contributed by atoms with van der Waals surface area (Å²) in [6.07, 6.45) is 70.1. The number of amides is 2. The standard InChI is InChI=1S/C90H168N4O14/c1-5-9-13-17-21-25-29-33-37-41-45-49-53-57-75-103-85(97)65-69-93(70-66-86(98)104-76-58-54-50-46-42-38-34-30-26-22-18-14-10-6-2)73-79-107-83(95)63-61-81-89(101)92-82(90(102)91-81)62-64-84(96)108-80-74-94(71-67-87(99)105-77-59-55-51-47-43-39-35-31-27-23-19-15-11-7-3)72-68-88(100)106-78-60-56-52-48-44-40-36-32-28-24-20-16-12-8-4/h81-82H,5-80H2,1-4H3,(H,91,102)(H,92,101). The van der Waals surface area contributed by atoms with E-state index in [4.69, 9.17) is 28.4 Å². The molecule has 2 amide bonds. The molecule has 2 atom stereocenters. The normalized spacial score (nSPS) is 13.6. The van der Waals surface area contributed by atoms with E-state index < -0.39 is 35.8 Å². The summed E-state index contributed by atoms with van der Waals surface area (Å²) in [7, 11) is 0. The van der Waals surface area contributed by atoms with Crippen LogP contribution < -0.4 is 10.6 Å². The minimum atomic E-state index is -0.982. The van der Waals surface area contributed by atoms with Crippen LogP contribution in [-0.4, -0.2) is 148 Å². The molecule has 0 aromatic carbocycles. The van der Waals surface area contributed by atoms with Crippen molar-refractivity contribution in [3.05, 3.63) is 0 Å². The number of ether oxygens (including phenoxy) is 6. The molecule has 108 heavy (non-hydrogen) atoms. The molecule has 2 N–H and O–H groups in total. The van der Waals surface area contributed by atoms with E-state index in [9.17, 15) is 38.4 Å². The molecule has 18 nitrogen and oxygen atoms in total. The van der Waals surface area contributed by atoms with Gasteiger partial charge in [0.05, 0.1) is 52.1 Å². The zero-order valence-corrected chi connectivity index (χ0v) is 70.5. The first-order valence-electron chi connectivity index (χ1n) is 45.9. The third-order valence-electron chi connectivity index (χ3n) is 21.5. The van der Waals surface area contributed by atoms with E-state index >= 15 is 0 Å². The third kappa shape index (κ3) is 69.6. The van der Waals surface area contributed by atoms with Crippen LogP contribution >= 0.6 is 0 Å². The molecule has 632 valence electrons. The highest BCUT2D eigenvalue weighted by Gasteiger charge is 2.34. The summed E-state index contributed by atoms with van der Waals surface area (Å²) in [5.74, 6) is -3.33. The van der Waals surface area contributed by atoms with Gasteiger partial charge in [-0.3, -0.25) is 48.2 Å². The second-order valence-corrected chi connectivity index (χ2v) is 31.6. The van der Waals surface area contributed by atoms with Gasteiger partial charge in [-0.25, -0.2) is 0 Å². The number of esters is 6. The second kappa shape index (κ2) is 79.3. The van der Waals surface area contributed by atoms with Crippen LogP contribution in [0.25, 0.3) is 0 Å². The smallest absolute Gasteiger partial charge is 0.307 e. The Kier molecular flexibility index (Phi) is 74.7. The van der Waals surface area contributed by atoms with Gasteiger partial charge in [0, 0.05) is 52.1 Å². The minimum Gasteiger partial charge on any atom is -0.466 e. The van der Waals surface area contributed by atoms with Gasteiger partial charge in [0.1, 0.15) is 25.3 Å². The van der Waals surface area contributed by atoms with Gasteiger partial charge in [-0.05, 0) is 38.5 Å². The fraction of sp³-hybridized carbons (Fsp3) is 0.911. The van der Waals surface area contributed by atoms with Crippen molar-refractivity contribution >= 4 is 47.6 Å². The zero-order valence-electron chi connectivity index (χ0n) is 70.5. The molecule has 1 fully saturated rings. The number of unbranched alkanes of at least 4 members (excludes halogenated alkanes) is 52. The van der Waals surface area contributed by atoms with Crippen molar-refractivity contribution in [2.45, 2.75) is 451 Å². The van der Waals surface area contributed by atoms with Crippen LogP contribution in [0.2, 0.25) is 0 Å². The summed E-state index contributed by atoms with van der Waals surface area (Å²) >= 11 is 0. The molecule has 1 saturated heterocycles. The van der Waals surface area contributed by atoms with Gasteiger partial charge in [0.2, 0.25) is 11.8 Å². The third-order valence-corrected chi connectivity index (χ3v) is 21.5. The van der Waals surface area contributed by atoms with Crippen molar-refractivity contribution in [3.8, 4) is 0 Å². The lowest BCUT2D eigenvalue weighted by Gasteiger charge is -2.29. The molecule has 2 unspecified atom stereocenters. The highest BCUT2D eigenvalue weighted by molar-refractivity contribution is 5.97. The molecule has 0 aromatic rings. The predicted molar refractivity (Wildman–Crippen MR) is 441 cm³/mol. The van der Waals surface area contributed by atoms with Crippen molar-refractivity contribution in [2.24, 2.45) is 0 Å². The molecular formula is C90H168N4O14. The number of nitrogens with one attached hydrogen (secondary N) is 2. The van der Waals surface area contributed by atoms with Crippen LogP contribution in [0.15, 0.2) is 0 Å². The van der Waals surface area contributed by atoms with Crippen molar-refractivity contribution in [3.63, 3.8) is 0 Å². The van der Waals surface area contributed by atoms with Crippen LogP contribution in [0.4, 0.5) is 0 Å². The van der Waals surface area contributed by atoms with E-state index in [0.29, 0.717) is 52.6 Å². The van der Waals surface area contributed by atoms with Crippen molar-refractivity contribution in [1.82, 2.24) is 20.4 Å². The number of hydrogen-bond donors (Lipinski definition) is 2. The van der Waals surface area contributed by atoms with Crippen molar-refractivity contribution in [1.29, 1.82) is 0 Å². The highest BCUT2D eigenvalue weighted by atomic mass is 16.6. The summed E-state index contributed by atoms with van der Waals surface area (Å²) < 4.78 is 33.5. The fourth-order valence-corrected chi connectivity index (χ4v) is 14.2. The topological polar surface area (TPSA) is 222 Å². The Hall–Kier alpha value is -4.32. The van der Waals surface area contributed by atoms with Crippen molar-refractivity contribution in [2.75, 3.05) is 78.9 Å². The van der Waals surface area contributed by atoms with Crippen LogP contribution in [0, 0.1) is 0 Å². The fourth-order valence-electron chi connectivity index (χ4n) is 14.2. The molecule has 0 aromatic heterocycles. The zero-order chi connectivity index (χ0) is 78.3. The highest BCUT2D eigenvalue weighted by Crippen LogP contribution is 2.19. The molecule has 0 bridgehead atoms. The molecule has 1 rings (SSSR count). The maximum absolute atomic E-state index is 13.2. The lowest BCUT2D eigenvalue weighted by Crippen LogP contribution is -2.61. The number of nitrogens with zero attached hydrogens (tertiary/aromatic N) is 2. The molecule has 0 radical (unpaired) electrons. The molecule has 0 spiro atoms. The number of carbonyl (C=O) groups is 8. The van der Waals surface area contributed by atoms with E-state index in [1.165, 1.54) is 283 Å².